The Morgan fingerprint density at radius 3 is 2.83 bits per heavy atom. The summed E-state index contributed by atoms with van der Waals surface area (Å²) in [5, 5.41) is 8.08. The summed E-state index contributed by atoms with van der Waals surface area (Å²) in [4.78, 5) is 1.52. The second kappa shape index (κ2) is 7.22. The molecule has 0 saturated carbocycles. The summed E-state index contributed by atoms with van der Waals surface area (Å²) in [5.41, 5.74) is 0. The molecule has 1 fully saturated rings. The van der Waals surface area contributed by atoms with Crippen molar-refractivity contribution >= 4 is 34.9 Å². The molecule has 0 amide bonds. The van der Waals surface area contributed by atoms with Gasteiger partial charge in [-0.3, -0.25) is 0 Å². The molecule has 1 aliphatic rings. The highest BCUT2D eigenvalue weighted by molar-refractivity contribution is 8.07. The first-order valence-electron chi connectivity index (χ1n) is 6.67. The summed E-state index contributed by atoms with van der Waals surface area (Å²) in [7, 11) is 2.12. The second-order valence-electron chi connectivity index (χ2n) is 4.93. The highest BCUT2D eigenvalue weighted by Crippen LogP contribution is 2.37. The smallest absolute Gasteiger partial charge is 0.0294 e. The van der Waals surface area contributed by atoms with Gasteiger partial charge in [0, 0.05) is 32.4 Å². The average molecular weight is 302 g/mol. The summed E-state index contributed by atoms with van der Waals surface area (Å²) in [6, 6.07) is 5.06. The first-order valence-corrected chi connectivity index (χ1v) is 9.54. The van der Waals surface area contributed by atoms with Crippen LogP contribution in [0.3, 0.4) is 0 Å². The van der Waals surface area contributed by atoms with Crippen molar-refractivity contribution in [1.82, 2.24) is 5.32 Å². The zero-order valence-electron chi connectivity index (χ0n) is 11.4. The van der Waals surface area contributed by atoms with Gasteiger partial charge in [0.05, 0.1) is 0 Å². The van der Waals surface area contributed by atoms with Crippen molar-refractivity contribution in [3.63, 3.8) is 0 Å². The monoisotopic (exact) mass is 301 g/mol. The summed E-state index contributed by atoms with van der Waals surface area (Å²) >= 11 is 6.21. The van der Waals surface area contributed by atoms with E-state index in [1.807, 2.05) is 11.3 Å². The maximum Gasteiger partial charge on any atom is 0.0294 e. The van der Waals surface area contributed by atoms with Crippen molar-refractivity contribution in [2.45, 2.75) is 48.5 Å². The van der Waals surface area contributed by atoms with Gasteiger partial charge in [0.1, 0.15) is 0 Å². The van der Waals surface area contributed by atoms with Crippen LogP contribution < -0.4 is 5.32 Å². The standard InChI is InChI=1S/C14H23NS3/c1-10-11(2)18-14(9-17-10)13(15-3)7-6-12-5-4-8-16-12/h4-5,8,10-11,13-15H,6-7,9H2,1-3H3. The van der Waals surface area contributed by atoms with Crippen LogP contribution in [0, 0.1) is 0 Å². The van der Waals surface area contributed by atoms with Crippen LogP contribution in [-0.2, 0) is 6.42 Å². The summed E-state index contributed by atoms with van der Waals surface area (Å²) in [5.74, 6) is 1.30. The topological polar surface area (TPSA) is 12.0 Å². The molecule has 0 radical (unpaired) electrons. The van der Waals surface area contributed by atoms with Gasteiger partial charge in [-0.05, 0) is 31.3 Å². The number of aryl methyl sites for hydroxylation is 1. The number of nitrogens with one attached hydrogen (secondary N) is 1. The van der Waals surface area contributed by atoms with E-state index >= 15 is 0 Å². The Hall–Kier alpha value is 0.360. The van der Waals surface area contributed by atoms with Crippen LogP contribution in [0.25, 0.3) is 0 Å². The van der Waals surface area contributed by atoms with Crippen molar-refractivity contribution in [2.75, 3.05) is 12.8 Å². The molecule has 0 aliphatic carbocycles. The molecular formula is C14H23NS3. The molecule has 1 nitrogen and oxygen atoms in total. The van der Waals surface area contributed by atoms with Gasteiger partial charge < -0.3 is 5.32 Å². The third kappa shape index (κ3) is 3.92. The fourth-order valence-electron chi connectivity index (χ4n) is 2.29. The molecule has 1 aliphatic heterocycles. The molecule has 1 aromatic heterocycles. The van der Waals surface area contributed by atoms with Crippen molar-refractivity contribution in [2.24, 2.45) is 0 Å². The van der Waals surface area contributed by atoms with Crippen LogP contribution in [-0.4, -0.2) is 34.6 Å². The average Bonchev–Trinajstić information content (AvgIpc) is 2.87. The number of thiophene rings is 1. The minimum absolute atomic E-state index is 0.652. The van der Waals surface area contributed by atoms with Crippen molar-refractivity contribution in [3.8, 4) is 0 Å². The lowest BCUT2D eigenvalue weighted by Gasteiger charge is -2.35. The predicted molar refractivity (Wildman–Crippen MR) is 88.2 cm³/mol. The minimum Gasteiger partial charge on any atom is -0.316 e. The van der Waals surface area contributed by atoms with Crippen LogP contribution in [0.5, 0.6) is 0 Å². The Morgan fingerprint density at radius 2 is 2.22 bits per heavy atom. The largest absolute Gasteiger partial charge is 0.316 e. The highest BCUT2D eigenvalue weighted by Gasteiger charge is 2.30. The fraction of sp³-hybridized carbons (Fsp3) is 0.714. The van der Waals surface area contributed by atoms with Gasteiger partial charge >= 0.3 is 0 Å². The van der Waals surface area contributed by atoms with E-state index in [-0.39, 0.29) is 0 Å². The molecule has 2 rings (SSSR count). The van der Waals surface area contributed by atoms with Gasteiger partial charge in [-0.2, -0.15) is 23.5 Å². The number of rotatable bonds is 5. The van der Waals surface area contributed by atoms with Crippen LogP contribution in [0.1, 0.15) is 25.1 Å². The van der Waals surface area contributed by atoms with E-state index in [0.29, 0.717) is 6.04 Å². The molecule has 0 aromatic carbocycles. The lowest BCUT2D eigenvalue weighted by Crippen LogP contribution is -2.42. The first kappa shape index (κ1) is 14.8. The van der Waals surface area contributed by atoms with E-state index in [0.717, 1.165) is 15.7 Å². The van der Waals surface area contributed by atoms with E-state index < -0.39 is 0 Å². The number of hydrogen-bond acceptors (Lipinski definition) is 4. The molecule has 102 valence electrons. The fourth-order valence-corrected chi connectivity index (χ4v) is 6.22. The zero-order valence-corrected chi connectivity index (χ0v) is 13.8. The van der Waals surface area contributed by atoms with Crippen molar-refractivity contribution < 1.29 is 0 Å². The van der Waals surface area contributed by atoms with Crippen molar-refractivity contribution in [3.05, 3.63) is 22.4 Å². The Kier molecular flexibility index (Phi) is 5.93. The minimum atomic E-state index is 0.652. The summed E-state index contributed by atoms with van der Waals surface area (Å²) in [6.45, 7) is 4.74. The van der Waals surface area contributed by atoms with Gasteiger partial charge in [-0.15, -0.1) is 11.3 Å². The number of hydrogen-bond donors (Lipinski definition) is 1. The Bertz CT molecular complexity index is 339. The lowest BCUT2D eigenvalue weighted by molar-refractivity contribution is 0.520. The maximum absolute atomic E-state index is 3.54. The van der Waals surface area contributed by atoms with Gasteiger partial charge in [0.15, 0.2) is 0 Å². The van der Waals surface area contributed by atoms with E-state index in [2.05, 4.69) is 67.2 Å². The molecule has 0 spiro atoms. The summed E-state index contributed by atoms with van der Waals surface area (Å²) < 4.78 is 0. The lowest BCUT2D eigenvalue weighted by atomic mass is 10.1. The van der Waals surface area contributed by atoms with Gasteiger partial charge in [0.25, 0.3) is 0 Å². The van der Waals surface area contributed by atoms with Crippen LogP contribution in [0.4, 0.5) is 0 Å². The van der Waals surface area contributed by atoms with E-state index in [9.17, 15) is 0 Å². The number of thioether (sulfide) groups is 2. The highest BCUT2D eigenvalue weighted by atomic mass is 32.2. The van der Waals surface area contributed by atoms with Crippen LogP contribution >= 0.6 is 34.9 Å². The third-order valence-corrected chi connectivity index (χ3v) is 8.16. The van der Waals surface area contributed by atoms with E-state index in [1.165, 1.54) is 23.5 Å². The molecule has 0 bridgehead atoms. The first-order chi connectivity index (χ1) is 8.70. The Balaban J connectivity index is 1.84. The molecule has 1 N–H and O–H groups in total. The van der Waals surface area contributed by atoms with Crippen molar-refractivity contribution in [1.29, 1.82) is 0 Å². The quantitative estimate of drug-likeness (QED) is 0.886. The van der Waals surface area contributed by atoms with Gasteiger partial charge in [0.2, 0.25) is 0 Å². The van der Waals surface area contributed by atoms with Crippen LogP contribution in [0.2, 0.25) is 0 Å². The van der Waals surface area contributed by atoms with E-state index in [1.54, 1.807) is 0 Å². The normalized spacial score (nSPS) is 30.3. The molecule has 2 heterocycles. The molecule has 4 heteroatoms. The zero-order chi connectivity index (χ0) is 13.0. The molecule has 4 unspecified atom stereocenters. The predicted octanol–water partition coefficient (Wildman–Crippen LogP) is 3.89. The SMILES string of the molecule is CNC(CCc1cccs1)C1CSC(C)C(C)S1. The van der Waals surface area contributed by atoms with E-state index in [4.69, 9.17) is 0 Å². The van der Waals surface area contributed by atoms with Gasteiger partial charge in [-0.25, -0.2) is 0 Å². The molecule has 1 aromatic rings. The summed E-state index contributed by atoms with van der Waals surface area (Å²) in [6.07, 6.45) is 2.48. The second-order valence-corrected chi connectivity index (χ2v) is 9.00. The van der Waals surface area contributed by atoms with Crippen LogP contribution in [0.15, 0.2) is 17.5 Å². The van der Waals surface area contributed by atoms with Gasteiger partial charge in [-0.1, -0.05) is 19.9 Å². The molecule has 18 heavy (non-hydrogen) atoms. The Morgan fingerprint density at radius 1 is 1.39 bits per heavy atom. The molecule has 4 atom stereocenters. The molecular weight excluding hydrogens is 278 g/mol. The third-order valence-electron chi connectivity index (χ3n) is 3.68. The maximum atomic E-state index is 3.54. The Labute approximate surface area is 124 Å². The molecule has 1 saturated heterocycles.